The number of ether oxygens (including phenoxy) is 3. The second-order valence-corrected chi connectivity index (χ2v) is 7.59. The van der Waals surface area contributed by atoms with Crippen LogP contribution in [0.1, 0.15) is 10.4 Å². The number of nitro groups is 1. The number of nitro benzene ring substituents is 1. The Hall–Kier alpha value is -2.07. The molecule has 1 aromatic rings. The van der Waals surface area contributed by atoms with Gasteiger partial charge < -0.3 is 14.2 Å². The van der Waals surface area contributed by atoms with Crippen LogP contribution in [0.15, 0.2) is 18.2 Å². The molecule has 9 heteroatoms. The van der Waals surface area contributed by atoms with Crippen LogP contribution in [-0.2, 0) is 9.47 Å². The molecule has 0 spiro atoms. The van der Waals surface area contributed by atoms with E-state index in [1.165, 1.54) is 6.07 Å². The predicted molar refractivity (Wildman–Crippen MR) is 99.9 cm³/mol. The molecule has 152 valence electrons. The van der Waals surface area contributed by atoms with E-state index in [2.05, 4.69) is 9.80 Å². The third-order valence-corrected chi connectivity index (χ3v) is 5.67. The average molecular weight is 391 g/mol. The Morgan fingerprint density at radius 3 is 2.11 bits per heavy atom. The normalized spacial score (nSPS) is 23.1. The lowest BCUT2D eigenvalue weighted by Crippen LogP contribution is -2.57. The van der Waals surface area contributed by atoms with Crippen molar-refractivity contribution in [1.29, 1.82) is 0 Å². The summed E-state index contributed by atoms with van der Waals surface area (Å²) in [6, 6.07) is 4.57. The number of ketones is 1. The first kappa shape index (κ1) is 19.3. The SMILES string of the molecule is O=C1c2cccc([N+](=O)[O-])c2OCC1(CN1CCOCC1)CN1CCOCC1. The summed E-state index contributed by atoms with van der Waals surface area (Å²) in [6.45, 7) is 6.87. The van der Waals surface area contributed by atoms with Gasteiger partial charge in [0.1, 0.15) is 6.61 Å². The van der Waals surface area contributed by atoms with Crippen molar-refractivity contribution in [3.63, 3.8) is 0 Å². The molecule has 1 aromatic carbocycles. The van der Waals surface area contributed by atoms with Gasteiger partial charge in [-0.25, -0.2) is 0 Å². The third kappa shape index (κ3) is 3.75. The first-order valence-electron chi connectivity index (χ1n) is 9.64. The van der Waals surface area contributed by atoms with Gasteiger partial charge >= 0.3 is 5.69 Å². The van der Waals surface area contributed by atoms with Gasteiger partial charge in [0.05, 0.1) is 42.3 Å². The minimum atomic E-state index is -0.767. The Morgan fingerprint density at radius 1 is 1.00 bits per heavy atom. The van der Waals surface area contributed by atoms with E-state index in [0.717, 1.165) is 26.2 Å². The first-order valence-corrected chi connectivity index (χ1v) is 9.64. The maximum absolute atomic E-state index is 13.6. The molecule has 3 aliphatic heterocycles. The summed E-state index contributed by atoms with van der Waals surface area (Å²) in [7, 11) is 0. The van der Waals surface area contributed by atoms with Crippen LogP contribution in [0.25, 0.3) is 0 Å². The second kappa shape index (κ2) is 8.12. The van der Waals surface area contributed by atoms with Gasteiger partial charge in [0.2, 0.25) is 5.75 Å². The molecule has 4 rings (SSSR count). The monoisotopic (exact) mass is 391 g/mol. The van der Waals surface area contributed by atoms with Crippen molar-refractivity contribution in [2.24, 2.45) is 5.41 Å². The summed E-state index contributed by atoms with van der Waals surface area (Å²) in [5.41, 5.74) is -0.615. The molecule has 0 aromatic heterocycles. The van der Waals surface area contributed by atoms with Crippen molar-refractivity contribution in [1.82, 2.24) is 9.80 Å². The molecule has 2 saturated heterocycles. The van der Waals surface area contributed by atoms with Crippen molar-refractivity contribution in [3.8, 4) is 5.75 Å². The maximum Gasteiger partial charge on any atom is 0.311 e. The van der Waals surface area contributed by atoms with Gasteiger partial charge in [0.15, 0.2) is 5.78 Å². The zero-order valence-corrected chi connectivity index (χ0v) is 15.8. The van der Waals surface area contributed by atoms with Crippen LogP contribution >= 0.6 is 0 Å². The van der Waals surface area contributed by atoms with E-state index in [1.807, 2.05) is 0 Å². The molecular formula is C19H25N3O6. The van der Waals surface area contributed by atoms with E-state index in [4.69, 9.17) is 14.2 Å². The number of carbonyl (C=O) groups is 1. The van der Waals surface area contributed by atoms with Crippen molar-refractivity contribution in [2.45, 2.75) is 0 Å². The summed E-state index contributed by atoms with van der Waals surface area (Å²) in [5, 5.41) is 11.3. The van der Waals surface area contributed by atoms with Gasteiger partial charge in [0.25, 0.3) is 0 Å². The molecule has 28 heavy (non-hydrogen) atoms. The fourth-order valence-electron chi connectivity index (χ4n) is 4.22. The van der Waals surface area contributed by atoms with Crippen molar-refractivity contribution in [3.05, 3.63) is 33.9 Å². The van der Waals surface area contributed by atoms with Crippen molar-refractivity contribution < 1.29 is 23.9 Å². The van der Waals surface area contributed by atoms with Crippen LogP contribution < -0.4 is 4.74 Å². The molecule has 0 amide bonds. The number of carbonyl (C=O) groups excluding carboxylic acids is 1. The maximum atomic E-state index is 13.6. The molecular weight excluding hydrogens is 366 g/mol. The van der Waals surface area contributed by atoms with Gasteiger partial charge in [0, 0.05) is 45.3 Å². The smallest absolute Gasteiger partial charge is 0.311 e. The lowest BCUT2D eigenvalue weighted by molar-refractivity contribution is -0.386. The summed E-state index contributed by atoms with van der Waals surface area (Å²) in [6.07, 6.45) is 0. The Kier molecular flexibility index (Phi) is 5.58. The number of Topliss-reactive ketones (excluding diaryl/α,β-unsaturated/α-hetero) is 1. The number of hydrogen-bond acceptors (Lipinski definition) is 8. The molecule has 0 radical (unpaired) electrons. The van der Waals surface area contributed by atoms with Crippen molar-refractivity contribution >= 4 is 11.5 Å². The highest BCUT2D eigenvalue weighted by Crippen LogP contribution is 2.41. The van der Waals surface area contributed by atoms with Gasteiger partial charge in [-0.2, -0.15) is 0 Å². The van der Waals surface area contributed by atoms with Crippen LogP contribution in [0.2, 0.25) is 0 Å². The van der Waals surface area contributed by atoms with E-state index in [9.17, 15) is 14.9 Å². The minimum Gasteiger partial charge on any atom is -0.485 e. The fraction of sp³-hybridized carbons (Fsp3) is 0.632. The fourth-order valence-corrected chi connectivity index (χ4v) is 4.22. The lowest BCUT2D eigenvalue weighted by Gasteiger charge is -2.43. The molecule has 0 N–H and O–H groups in total. The topological polar surface area (TPSA) is 94.4 Å². The summed E-state index contributed by atoms with van der Waals surface area (Å²) >= 11 is 0. The molecule has 9 nitrogen and oxygen atoms in total. The second-order valence-electron chi connectivity index (χ2n) is 7.59. The number of nitrogens with zero attached hydrogens (tertiary/aromatic N) is 3. The largest absolute Gasteiger partial charge is 0.485 e. The van der Waals surface area contributed by atoms with E-state index in [-0.39, 0.29) is 23.8 Å². The standard InChI is InChI=1S/C19H25N3O6/c23-18-15-2-1-3-16(22(24)25)17(15)28-14-19(18,12-20-4-8-26-9-5-20)13-21-6-10-27-11-7-21/h1-3H,4-14H2. The highest BCUT2D eigenvalue weighted by Gasteiger charge is 2.48. The molecule has 2 fully saturated rings. The van der Waals surface area contributed by atoms with Crippen LogP contribution in [0.5, 0.6) is 5.75 Å². The Labute approximate surface area is 163 Å². The predicted octanol–water partition coefficient (Wildman–Crippen LogP) is 0.821. The zero-order valence-electron chi connectivity index (χ0n) is 15.8. The lowest BCUT2D eigenvalue weighted by atomic mass is 9.77. The van der Waals surface area contributed by atoms with E-state index in [0.29, 0.717) is 45.1 Å². The molecule has 0 unspecified atom stereocenters. The van der Waals surface area contributed by atoms with E-state index < -0.39 is 10.3 Å². The number of rotatable bonds is 5. The number of benzene rings is 1. The van der Waals surface area contributed by atoms with Gasteiger partial charge in [-0.05, 0) is 6.07 Å². The minimum absolute atomic E-state index is 0.0737. The summed E-state index contributed by atoms with van der Waals surface area (Å²) < 4.78 is 16.8. The van der Waals surface area contributed by atoms with Crippen LogP contribution in [0, 0.1) is 15.5 Å². The van der Waals surface area contributed by atoms with Crippen LogP contribution in [0.3, 0.4) is 0 Å². The number of para-hydroxylation sites is 1. The summed E-state index contributed by atoms with van der Waals surface area (Å²) in [5.74, 6) is 0.0208. The van der Waals surface area contributed by atoms with E-state index in [1.54, 1.807) is 12.1 Å². The summed E-state index contributed by atoms with van der Waals surface area (Å²) in [4.78, 5) is 28.9. The average Bonchev–Trinajstić information content (AvgIpc) is 2.72. The van der Waals surface area contributed by atoms with E-state index >= 15 is 0 Å². The Morgan fingerprint density at radius 2 is 1.57 bits per heavy atom. The van der Waals surface area contributed by atoms with Crippen LogP contribution in [-0.4, -0.2) is 92.8 Å². The van der Waals surface area contributed by atoms with Gasteiger partial charge in [-0.1, -0.05) is 6.07 Å². The molecule has 0 aliphatic carbocycles. The highest BCUT2D eigenvalue weighted by molar-refractivity contribution is 6.05. The molecule has 0 bridgehead atoms. The molecule has 0 atom stereocenters. The van der Waals surface area contributed by atoms with Crippen LogP contribution in [0.4, 0.5) is 5.69 Å². The molecule has 3 aliphatic rings. The van der Waals surface area contributed by atoms with Gasteiger partial charge in [-0.3, -0.25) is 24.7 Å². The van der Waals surface area contributed by atoms with Crippen molar-refractivity contribution in [2.75, 3.05) is 72.3 Å². The molecule has 0 saturated carbocycles. The third-order valence-electron chi connectivity index (χ3n) is 5.67. The molecule has 3 heterocycles. The Bertz CT molecular complexity index is 723. The quantitative estimate of drug-likeness (QED) is 0.538. The highest BCUT2D eigenvalue weighted by atomic mass is 16.6. The Balaban J connectivity index is 1.65. The van der Waals surface area contributed by atoms with Gasteiger partial charge in [-0.15, -0.1) is 0 Å². The first-order chi connectivity index (χ1) is 13.6. The number of hydrogen-bond donors (Lipinski definition) is 0. The number of fused-ring (bicyclic) bond motifs is 1. The number of morpholine rings is 2. The zero-order chi connectivity index (χ0) is 19.6.